The lowest BCUT2D eigenvalue weighted by molar-refractivity contribution is -0.135. The van der Waals surface area contributed by atoms with E-state index in [0.29, 0.717) is 11.3 Å². The average molecular weight is 904 g/mol. The number of rotatable bonds is 24. The fourth-order valence-corrected chi connectivity index (χ4v) is 7.11. The molecule has 0 radical (unpaired) electrons. The molecule has 1 unspecified atom stereocenters. The number of H-pyrrole nitrogens is 2. The first kappa shape index (κ1) is 49.7. The number of hydrogen-bond acceptors (Lipinski definition) is 9. The summed E-state index contributed by atoms with van der Waals surface area (Å²) in [5.41, 5.74) is 13.7. The molecule has 14 N–H and O–H groups in total. The van der Waals surface area contributed by atoms with Gasteiger partial charge in [0.1, 0.15) is 36.3 Å². The van der Waals surface area contributed by atoms with E-state index in [4.69, 9.17) is 28.5 Å². The van der Waals surface area contributed by atoms with Gasteiger partial charge in [-0.25, -0.2) is 4.98 Å². The van der Waals surface area contributed by atoms with Gasteiger partial charge in [0.2, 0.25) is 41.4 Å². The van der Waals surface area contributed by atoms with Crippen LogP contribution in [0.4, 0.5) is 0 Å². The number of nitrogens with two attached hydrogens (primary N) is 2. The minimum absolute atomic E-state index is 0.00463. The molecule has 0 aliphatic rings. The van der Waals surface area contributed by atoms with Crippen molar-refractivity contribution in [2.24, 2.45) is 17.4 Å². The van der Waals surface area contributed by atoms with Crippen molar-refractivity contribution in [3.8, 4) is 0 Å². The molecule has 344 valence electrons. The van der Waals surface area contributed by atoms with Gasteiger partial charge >= 0.3 is 0 Å². The summed E-state index contributed by atoms with van der Waals surface area (Å²) in [6, 6.07) is 9.03. The number of aromatic amines is 2. The monoisotopic (exact) mass is 903 g/mol. The molecule has 20 nitrogen and oxygen atoms in total. The minimum Gasteiger partial charge on any atom is -0.370 e. The summed E-state index contributed by atoms with van der Waals surface area (Å²) in [4.78, 5) is 104. The van der Waals surface area contributed by atoms with Gasteiger partial charge in [0.15, 0.2) is 5.96 Å². The third-order valence-corrected chi connectivity index (χ3v) is 10.4. The molecule has 0 saturated heterocycles. The smallest absolute Gasteiger partial charge is 0.243 e. The van der Waals surface area contributed by atoms with Gasteiger partial charge in [0.05, 0.1) is 17.4 Å². The Bertz CT molecular complexity index is 2230. The standard InChI is InChI=1S/C43H58ClN13O7/c1-23(2)14-33(39(61)52-24(3)38(60)54-32(37(45)59)18-29-21-48-22-51-29)55-42(64)36(17-28(44)20-50-43(46)47)57-40(62)34(15-26-10-6-5-7-11-26)56-41(63)35(53-25(4)58)16-27-19-49-31-13-9-8-12-30(27)31/h5-13,19,21-24,28,32-36,49H,14-18,20H2,1-4H3,(H2,45,59)(H,48,51)(H,52,61)(H,53,58)(H,54,60)(H,55,64)(H,56,63)(H,57,62)(H4,46,47,50)/t24-,28?,32-,33+,34-,35-,36-/m0/s1. The van der Waals surface area contributed by atoms with Crippen molar-refractivity contribution in [2.45, 2.75) is 101 Å². The fourth-order valence-electron chi connectivity index (χ4n) is 6.86. The fraction of sp³-hybridized carbons (Fsp3) is 0.419. The Labute approximate surface area is 375 Å². The SMILES string of the molecule is CC(=O)N[C@@H](Cc1c[nH]c2ccccc12)C(=O)N[C@@H](Cc1ccccc1)C(=O)N[C@@H](CC(Cl)CNC(=N)N)C(=O)N[C@H](CC(C)C)C(=O)N[C@@H](C)C(=O)N[C@@H](Cc1c[nH]cn1)C(N)=O. The van der Waals surface area contributed by atoms with E-state index < -0.39 is 83.0 Å². The molecule has 0 aliphatic heterocycles. The number of hydrogen-bond donors (Lipinski definition) is 12. The second-order valence-electron chi connectivity index (χ2n) is 15.9. The molecule has 7 atom stereocenters. The zero-order valence-corrected chi connectivity index (χ0v) is 36.9. The summed E-state index contributed by atoms with van der Waals surface area (Å²) in [5, 5.41) is 26.1. The average Bonchev–Trinajstić information content (AvgIpc) is 3.91. The first-order valence-corrected chi connectivity index (χ1v) is 21.2. The lowest BCUT2D eigenvalue weighted by atomic mass is 10.0. The van der Waals surface area contributed by atoms with E-state index in [0.717, 1.165) is 16.5 Å². The summed E-state index contributed by atoms with van der Waals surface area (Å²) in [6.45, 7) is 6.25. The Morgan fingerprint density at radius 3 is 1.88 bits per heavy atom. The molecule has 4 rings (SSSR count). The molecule has 0 fully saturated rings. The largest absolute Gasteiger partial charge is 0.370 e. The van der Waals surface area contributed by atoms with E-state index in [2.05, 4.69) is 52.2 Å². The zero-order chi connectivity index (χ0) is 46.9. The van der Waals surface area contributed by atoms with E-state index in [1.165, 1.54) is 20.2 Å². The third kappa shape index (κ3) is 15.7. The maximum atomic E-state index is 14.4. The van der Waals surface area contributed by atoms with E-state index >= 15 is 0 Å². The number of guanidine groups is 1. The van der Waals surface area contributed by atoms with Crippen LogP contribution in [0.5, 0.6) is 0 Å². The Morgan fingerprint density at radius 1 is 0.688 bits per heavy atom. The van der Waals surface area contributed by atoms with Crippen LogP contribution in [0.25, 0.3) is 10.9 Å². The van der Waals surface area contributed by atoms with Crippen molar-refractivity contribution < 1.29 is 33.6 Å². The topological polar surface area (TPSA) is 324 Å². The van der Waals surface area contributed by atoms with E-state index in [1.807, 2.05) is 38.1 Å². The van der Waals surface area contributed by atoms with Crippen molar-refractivity contribution in [1.29, 1.82) is 5.41 Å². The van der Waals surface area contributed by atoms with E-state index in [-0.39, 0.29) is 50.5 Å². The van der Waals surface area contributed by atoms with Gasteiger partial charge in [0.25, 0.3) is 0 Å². The summed E-state index contributed by atoms with van der Waals surface area (Å²) in [5.74, 6) is -5.50. The van der Waals surface area contributed by atoms with Crippen LogP contribution in [-0.4, -0.2) is 110 Å². The second-order valence-corrected chi connectivity index (χ2v) is 16.5. The molecular formula is C43H58ClN13O7. The van der Waals surface area contributed by atoms with Crippen LogP contribution in [-0.2, 0) is 52.8 Å². The van der Waals surface area contributed by atoms with Crippen molar-refractivity contribution in [2.75, 3.05) is 6.54 Å². The van der Waals surface area contributed by atoms with Crippen molar-refractivity contribution in [3.05, 3.63) is 90.1 Å². The highest BCUT2D eigenvalue weighted by atomic mass is 35.5. The summed E-state index contributed by atoms with van der Waals surface area (Å²) in [7, 11) is 0. The number of fused-ring (bicyclic) bond motifs is 1. The van der Waals surface area contributed by atoms with Gasteiger partial charge in [-0.2, -0.15) is 0 Å². The highest BCUT2D eigenvalue weighted by Crippen LogP contribution is 2.20. The summed E-state index contributed by atoms with van der Waals surface area (Å²) < 4.78 is 0. The molecule has 7 amide bonds. The van der Waals surface area contributed by atoms with E-state index in [9.17, 15) is 33.6 Å². The van der Waals surface area contributed by atoms with Crippen LogP contribution in [0.3, 0.4) is 0 Å². The minimum atomic E-state index is -1.40. The molecule has 0 aliphatic carbocycles. The van der Waals surface area contributed by atoms with Crippen molar-refractivity contribution >= 4 is 69.8 Å². The van der Waals surface area contributed by atoms with Crippen LogP contribution in [0.2, 0.25) is 0 Å². The molecule has 2 aromatic heterocycles. The van der Waals surface area contributed by atoms with Crippen LogP contribution >= 0.6 is 11.6 Å². The van der Waals surface area contributed by atoms with Gasteiger partial charge in [-0.3, -0.25) is 39.0 Å². The number of nitrogens with one attached hydrogen (secondary N) is 10. The predicted octanol–water partition coefficient (Wildman–Crippen LogP) is -0.121. The van der Waals surface area contributed by atoms with Gasteiger partial charge < -0.3 is 58.7 Å². The molecule has 2 aromatic carbocycles. The maximum Gasteiger partial charge on any atom is 0.243 e. The number of aromatic nitrogens is 3. The summed E-state index contributed by atoms with van der Waals surface area (Å²) >= 11 is 6.61. The molecule has 0 spiro atoms. The summed E-state index contributed by atoms with van der Waals surface area (Å²) in [6.07, 6.45) is 4.68. The number of benzene rings is 2. The molecule has 2 heterocycles. The van der Waals surface area contributed by atoms with Crippen LogP contribution < -0.4 is 48.7 Å². The lowest BCUT2D eigenvalue weighted by Crippen LogP contribution is -2.60. The Balaban J connectivity index is 1.56. The Morgan fingerprint density at radius 2 is 1.27 bits per heavy atom. The first-order valence-electron chi connectivity index (χ1n) is 20.8. The number of alkyl halides is 1. The van der Waals surface area contributed by atoms with Gasteiger partial charge in [0, 0.05) is 56.0 Å². The lowest BCUT2D eigenvalue weighted by Gasteiger charge is -2.28. The molecule has 64 heavy (non-hydrogen) atoms. The Kier molecular flexibility index (Phi) is 18.7. The van der Waals surface area contributed by atoms with E-state index in [1.54, 1.807) is 42.7 Å². The van der Waals surface area contributed by atoms with Gasteiger partial charge in [-0.05, 0) is 42.9 Å². The van der Waals surface area contributed by atoms with Gasteiger partial charge in [-0.15, -0.1) is 11.6 Å². The Hall–Kier alpha value is -6.96. The number of halogens is 1. The first-order chi connectivity index (χ1) is 30.4. The van der Waals surface area contributed by atoms with Crippen LogP contribution in [0, 0.1) is 11.3 Å². The molecule has 21 heteroatoms. The zero-order valence-electron chi connectivity index (χ0n) is 36.1. The molecular weight excluding hydrogens is 846 g/mol. The quantitative estimate of drug-likeness (QED) is 0.0251. The molecule has 0 bridgehead atoms. The highest BCUT2D eigenvalue weighted by Gasteiger charge is 2.34. The van der Waals surface area contributed by atoms with Crippen LogP contribution in [0.15, 0.2) is 73.3 Å². The number of carbonyl (C=O) groups is 7. The number of amides is 7. The maximum absolute atomic E-state index is 14.4. The number of carbonyl (C=O) groups excluding carboxylic acids is 7. The van der Waals surface area contributed by atoms with Gasteiger partial charge in [-0.1, -0.05) is 62.4 Å². The highest BCUT2D eigenvalue weighted by molar-refractivity contribution is 6.21. The predicted molar refractivity (Wildman–Crippen MR) is 240 cm³/mol. The van der Waals surface area contributed by atoms with Crippen LogP contribution in [0.1, 0.15) is 57.4 Å². The second kappa shape index (κ2) is 24.0. The molecule has 4 aromatic rings. The number of primary amides is 1. The molecule has 0 saturated carbocycles. The number of imidazole rings is 1. The number of nitrogens with zero attached hydrogens (tertiary/aromatic N) is 1. The third-order valence-electron chi connectivity index (χ3n) is 10.1. The normalized spacial score (nSPS) is 14.4. The number of para-hydroxylation sites is 1. The van der Waals surface area contributed by atoms with Crippen molar-refractivity contribution in [3.63, 3.8) is 0 Å². The van der Waals surface area contributed by atoms with Crippen molar-refractivity contribution in [1.82, 2.24) is 52.2 Å².